The molecule has 8 nitrogen and oxygen atoms in total. The number of alkyl carbamates (subject to hydrolysis) is 1. The van der Waals surface area contributed by atoms with Crippen molar-refractivity contribution in [1.82, 2.24) is 10.6 Å². The number of aromatic nitrogens is 1. The van der Waals surface area contributed by atoms with Gasteiger partial charge in [-0.3, -0.25) is 9.59 Å². The third-order valence-electron chi connectivity index (χ3n) is 4.32. The van der Waals surface area contributed by atoms with Crippen molar-refractivity contribution in [1.29, 1.82) is 0 Å². The molecule has 30 heavy (non-hydrogen) atoms. The highest BCUT2D eigenvalue weighted by Crippen LogP contribution is 2.05. The van der Waals surface area contributed by atoms with E-state index in [-0.39, 0.29) is 18.7 Å². The van der Waals surface area contributed by atoms with Gasteiger partial charge < -0.3 is 21.1 Å². The number of nitrogens with zero attached hydrogens (tertiary/aromatic N) is 1. The topological polar surface area (TPSA) is 114 Å². The van der Waals surface area contributed by atoms with E-state index >= 15 is 0 Å². The van der Waals surface area contributed by atoms with E-state index in [0.717, 1.165) is 12.0 Å². The molecule has 3 amide bonds. The van der Waals surface area contributed by atoms with Crippen molar-refractivity contribution in [3.63, 3.8) is 0 Å². The van der Waals surface area contributed by atoms with Crippen molar-refractivity contribution in [2.45, 2.75) is 59.9 Å². The fraction of sp³-hybridized carbons (Fsp3) is 0.455. The number of ether oxygens (including phenoxy) is 1. The minimum absolute atomic E-state index is 0.00372. The molecule has 164 valence electrons. The van der Waals surface area contributed by atoms with Gasteiger partial charge in [-0.1, -0.05) is 37.6 Å². The first-order chi connectivity index (χ1) is 14.1. The van der Waals surface area contributed by atoms with Crippen LogP contribution in [0.5, 0.6) is 0 Å². The molecular weight excluding hydrogens is 384 g/mol. The monoisotopic (exact) mass is 417 g/mol. The number of hydrogen-bond acceptors (Lipinski definition) is 4. The van der Waals surface area contributed by atoms with Crippen LogP contribution in [-0.2, 0) is 16.3 Å². The summed E-state index contributed by atoms with van der Waals surface area (Å²) in [7, 11) is 0. The standard InChI is InChI=1S/C22H32N4O4/c1-6-7-8-16(4)13-17(5)24-22(29)30-14-26-11-9-18(10-12-26)21(28)25-19(15(2)3)20(23)27/h6-12,15,17,19H,13-14H2,1-5H3,(H3-,23,24,25,27,28,29)/p+1/b7-6-,16-8+/t17-,19-/m0/s1. The highest BCUT2D eigenvalue weighted by atomic mass is 16.6. The Morgan fingerprint density at radius 1 is 1.17 bits per heavy atom. The fourth-order valence-electron chi connectivity index (χ4n) is 2.72. The number of nitrogens with one attached hydrogen (secondary N) is 2. The Bertz CT molecular complexity index is 785. The van der Waals surface area contributed by atoms with Crippen LogP contribution in [0.3, 0.4) is 0 Å². The van der Waals surface area contributed by atoms with Gasteiger partial charge in [0.1, 0.15) is 6.04 Å². The Labute approximate surface area is 178 Å². The van der Waals surface area contributed by atoms with Gasteiger partial charge in [0.05, 0.1) is 5.56 Å². The summed E-state index contributed by atoms with van der Waals surface area (Å²) in [5.41, 5.74) is 6.85. The molecule has 1 heterocycles. The Balaban J connectivity index is 2.53. The van der Waals surface area contributed by atoms with Gasteiger partial charge in [-0.05, 0) is 33.1 Å². The van der Waals surface area contributed by atoms with Crippen LogP contribution in [0.15, 0.2) is 48.3 Å². The molecule has 0 aliphatic carbocycles. The first-order valence-corrected chi connectivity index (χ1v) is 9.95. The van der Waals surface area contributed by atoms with Gasteiger partial charge in [0.2, 0.25) is 5.91 Å². The van der Waals surface area contributed by atoms with E-state index in [1.807, 2.05) is 39.0 Å². The molecular formula is C22H33N4O4+. The summed E-state index contributed by atoms with van der Waals surface area (Å²) in [5, 5.41) is 5.41. The Morgan fingerprint density at radius 3 is 2.33 bits per heavy atom. The summed E-state index contributed by atoms with van der Waals surface area (Å²) in [4.78, 5) is 35.7. The zero-order valence-corrected chi connectivity index (χ0v) is 18.3. The molecule has 0 aromatic carbocycles. The van der Waals surface area contributed by atoms with Crippen LogP contribution in [-0.4, -0.2) is 30.0 Å². The number of carbonyl (C=O) groups is 3. The van der Waals surface area contributed by atoms with E-state index in [2.05, 4.69) is 10.6 Å². The molecule has 8 heteroatoms. The van der Waals surface area contributed by atoms with Crippen molar-refractivity contribution in [2.24, 2.45) is 11.7 Å². The van der Waals surface area contributed by atoms with E-state index in [1.165, 1.54) is 0 Å². The highest BCUT2D eigenvalue weighted by Gasteiger charge is 2.22. The molecule has 0 bridgehead atoms. The lowest BCUT2D eigenvalue weighted by atomic mass is 10.0. The molecule has 0 saturated heterocycles. The quantitative estimate of drug-likeness (QED) is 0.400. The van der Waals surface area contributed by atoms with E-state index in [0.29, 0.717) is 5.56 Å². The van der Waals surface area contributed by atoms with E-state index in [9.17, 15) is 14.4 Å². The Kier molecular flexibility index (Phi) is 10.3. The number of amides is 3. The van der Waals surface area contributed by atoms with Gasteiger partial charge in [-0.25, -0.2) is 4.79 Å². The van der Waals surface area contributed by atoms with Gasteiger partial charge in [0.25, 0.3) is 12.6 Å². The van der Waals surface area contributed by atoms with Crippen LogP contribution >= 0.6 is 0 Å². The third-order valence-corrected chi connectivity index (χ3v) is 4.32. The second-order valence-electron chi connectivity index (χ2n) is 7.55. The summed E-state index contributed by atoms with van der Waals surface area (Å²) < 4.78 is 6.82. The lowest BCUT2D eigenvalue weighted by Crippen LogP contribution is -2.47. The Hall–Kier alpha value is -3.16. The van der Waals surface area contributed by atoms with Gasteiger partial charge >= 0.3 is 6.09 Å². The summed E-state index contributed by atoms with van der Waals surface area (Å²) in [6.07, 6.45) is 9.34. The summed E-state index contributed by atoms with van der Waals surface area (Å²) in [6.45, 7) is 9.47. The lowest BCUT2D eigenvalue weighted by molar-refractivity contribution is -0.727. The molecule has 1 rings (SSSR count). The summed E-state index contributed by atoms with van der Waals surface area (Å²) in [5.74, 6) is -1.09. The molecule has 0 radical (unpaired) electrons. The van der Waals surface area contributed by atoms with Crippen molar-refractivity contribution in [3.8, 4) is 0 Å². The molecule has 0 aliphatic heterocycles. The van der Waals surface area contributed by atoms with Gasteiger partial charge in [0.15, 0.2) is 12.4 Å². The molecule has 0 unspecified atom stereocenters. The van der Waals surface area contributed by atoms with Crippen LogP contribution in [0, 0.1) is 5.92 Å². The van der Waals surface area contributed by atoms with Crippen LogP contribution < -0.4 is 20.9 Å². The second-order valence-corrected chi connectivity index (χ2v) is 7.55. The normalized spacial score (nSPS) is 13.7. The van der Waals surface area contributed by atoms with Crippen LogP contribution in [0.1, 0.15) is 51.4 Å². The largest absolute Gasteiger partial charge is 0.412 e. The van der Waals surface area contributed by atoms with Gasteiger partial charge in [-0.2, -0.15) is 4.57 Å². The number of hydrogen-bond donors (Lipinski definition) is 3. The SMILES string of the molecule is C/C=C\C=C(/C)C[C@H](C)NC(=O)OC[n+]1ccc(C(=O)N[C@H](C(N)=O)C(C)C)cc1. The second kappa shape index (κ2) is 12.4. The van der Waals surface area contributed by atoms with Crippen molar-refractivity contribution in [2.75, 3.05) is 0 Å². The predicted octanol–water partition coefficient (Wildman–Crippen LogP) is 2.20. The van der Waals surface area contributed by atoms with E-state index in [1.54, 1.807) is 42.9 Å². The maximum atomic E-state index is 12.3. The van der Waals surface area contributed by atoms with E-state index in [4.69, 9.17) is 10.5 Å². The smallest absolute Gasteiger partial charge is 0.388 e. The number of nitrogens with two attached hydrogens (primary N) is 1. The van der Waals surface area contributed by atoms with Crippen LogP contribution in [0.2, 0.25) is 0 Å². The minimum Gasteiger partial charge on any atom is -0.388 e. The maximum absolute atomic E-state index is 12.3. The first-order valence-electron chi connectivity index (χ1n) is 9.95. The van der Waals surface area contributed by atoms with E-state index < -0.39 is 23.9 Å². The Morgan fingerprint density at radius 2 is 1.80 bits per heavy atom. The molecule has 2 atom stereocenters. The number of carbonyl (C=O) groups excluding carboxylic acids is 3. The number of allylic oxidation sites excluding steroid dienone is 3. The van der Waals surface area contributed by atoms with Crippen molar-refractivity contribution >= 4 is 17.9 Å². The fourth-order valence-corrected chi connectivity index (χ4v) is 2.72. The van der Waals surface area contributed by atoms with Gasteiger partial charge in [0, 0.05) is 18.2 Å². The lowest BCUT2D eigenvalue weighted by Gasteiger charge is -2.18. The molecule has 0 fully saturated rings. The maximum Gasteiger partial charge on any atom is 0.412 e. The average Bonchev–Trinajstić information content (AvgIpc) is 2.68. The summed E-state index contributed by atoms with van der Waals surface area (Å²) >= 11 is 0. The first kappa shape index (κ1) is 24.9. The zero-order valence-electron chi connectivity index (χ0n) is 18.3. The number of pyridine rings is 1. The van der Waals surface area contributed by atoms with Crippen LogP contribution in [0.25, 0.3) is 0 Å². The number of rotatable bonds is 10. The zero-order chi connectivity index (χ0) is 22.7. The van der Waals surface area contributed by atoms with Crippen LogP contribution in [0.4, 0.5) is 4.79 Å². The average molecular weight is 418 g/mol. The van der Waals surface area contributed by atoms with Gasteiger partial charge in [-0.15, -0.1) is 0 Å². The molecule has 1 aromatic heterocycles. The minimum atomic E-state index is -0.740. The molecule has 1 aromatic rings. The molecule has 0 spiro atoms. The van der Waals surface area contributed by atoms with Crippen molar-refractivity contribution in [3.05, 3.63) is 53.9 Å². The molecule has 0 saturated carbocycles. The number of primary amides is 1. The predicted molar refractivity (Wildman–Crippen MR) is 114 cm³/mol. The molecule has 0 aliphatic rings. The van der Waals surface area contributed by atoms with Crippen molar-refractivity contribution < 1.29 is 23.7 Å². The highest BCUT2D eigenvalue weighted by molar-refractivity contribution is 5.97. The molecule has 4 N–H and O–H groups in total. The third kappa shape index (κ3) is 8.89. The summed E-state index contributed by atoms with van der Waals surface area (Å²) in [6, 6.07) is 2.35.